The van der Waals surface area contributed by atoms with Crippen LogP contribution in [0.4, 0.5) is 0 Å². The summed E-state index contributed by atoms with van der Waals surface area (Å²) in [6.07, 6.45) is 0. The number of benzene rings is 8. The molecule has 0 unspecified atom stereocenters. The first-order valence-corrected chi connectivity index (χ1v) is 20.5. The van der Waals surface area contributed by atoms with E-state index in [9.17, 15) is 0 Å². The molecule has 0 radical (unpaired) electrons. The van der Waals surface area contributed by atoms with Crippen LogP contribution in [0.2, 0.25) is 0 Å². The summed E-state index contributed by atoms with van der Waals surface area (Å²) in [6.45, 7) is 0. The number of aromatic nitrogens is 5. The van der Waals surface area contributed by atoms with E-state index in [2.05, 4.69) is 66.7 Å². The average Bonchev–Trinajstić information content (AvgIpc) is 3.93. The highest BCUT2D eigenvalue weighted by Gasteiger charge is 2.22. The second kappa shape index (κ2) is 14.6. The molecule has 0 aliphatic rings. The van der Waals surface area contributed by atoms with Gasteiger partial charge >= 0.3 is 0 Å². The van der Waals surface area contributed by atoms with E-state index in [1.807, 2.05) is 133 Å². The quantitative estimate of drug-likeness (QED) is 0.159. The summed E-state index contributed by atoms with van der Waals surface area (Å²) in [6, 6.07) is 67.6. The lowest BCUT2D eigenvalue weighted by atomic mass is 9.95. The summed E-state index contributed by atoms with van der Waals surface area (Å²) < 4.78 is 13.2. The first-order valence-electron chi connectivity index (χ1n) is 20.5. The summed E-state index contributed by atoms with van der Waals surface area (Å²) in [7, 11) is 0. The smallest absolute Gasteiger partial charge is 0.180 e. The maximum atomic E-state index is 6.65. The molecule has 4 heterocycles. The Balaban J connectivity index is 0.984. The average molecular weight is 796 g/mol. The fourth-order valence-electron chi connectivity index (χ4n) is 8.41. The van der Waals surface area contributed by atoms with Crippen LogP contribution in [0.25, 0.3) is 123 Å². The third kappa shape index (κ3) is 6.11. The molecule has 0 atom stereocenters. The van der Waals surface area contributed by atoms with Gasteiger partial charge in [0.2, 0.25) is 0 Å². The highest BCUT2D eigenvalue weighted by Crippen LogP contribution is 2.43. The van der Waals surface area contributed by atoms with Crippen molar-refractivity contribution in [2.75, 3.05) is 0 Å². The zero-order valence-corrected chi connectivity index (χ0v) is 33.1. The second-order valence-corrected chi connectivity index (χ2v) is 15.2. The van der Waals surface area contributed by atoms with Crippen molar-refractivity contribution in [1.29, 1.82) is 0 Å². The van der Waals surface area contributed by atoms with Gasteiger partial charge in [0.05, 0.1) is 5.39 Å². The van der Waals surface area contributed by atoms with E-state index in [4.69, 9.17) is 33.8 Å². The largest absolute Gasteiger partial charge is 0.456 e. The SMILES string of the molecule is c1ccc(-c2nc(-c3ccccc3)nc(-c3ccc(-c4cccc5oc6ccc(-c7cccc8oc9c(-c%10ccccc%10)nc(-c%10ccccc%10)nc9c78)cc6c45)cc3)n2)cc1. The maximum Gasteiger partial charge on any atom is 0.180 e. The number of rotatable bonds is 7. The van der Waals surface area contributed by atoms with Crippen molar-refractivity contribution in [3.63, 3.8) is 0 Å². The van der Waals surface area contributed by atoms with Gasteiger partial charge in [-0.25, -0.2) is 24.9 Å². The Kier molecular flexibility index (Phi) is 8.35. The zero-order chi connectivity index (χ0) is 41.0. The minimum atomic E-state index is 0.610. The van der Waals surface area contributed by atoms with Crippen molar-refractivity contribution in [3.05, 3.63) is 200 Å². The summed E-state index contributed by atoms with van der Waals surface area (Å²) in [5, 5.41) is 3.00. The van der Waals surface area contributed by atoms with Gasteiger partial charge in [-0.2, -0.15) is 0 Å². The van der Waals surface area contributed by atoms with E-state index in [-0.39, 0.29) is 0 Å². The predicted molar refractivity (Wildman–Crippen MR) is 248 cm³/mol. The van der Waals surface area contributed by atoms with Gasteiger partial charge in [-0.05, 0) is 46.5 Å². The highest BCUT2D eigenvalue weighted by atomic mass is 16.3. The van der Waals surface area contributed by atoms with Crippen molar-refractivity contribution in [2.24, 2.45) is 0 Å². The van der Waals surface area contributed by atoms with Gasteiger partial charge in [0.1, 0.15) is 28.0 Å². The third-order valence-electron chi connectivity index (χ3n) is 11.4. The Morgan fingerprint density at radius 1 is 0.290 bits per heavy atom. The Morgan fingerprint density at radius 2 is 0.742 bits per heavy atom. The van der Waals surface area contributed by atoms with Gasteiger partial charge in [-0.1, -0.05) is 176 Å². The Hall–Kier alpha value is -8.55. The number of hydrogen-bond acceptors (Lipinski definition) is 7. The summed E-state index contributed by atoms with van der Waals surface area (Å²) in [4.78, 5) is 25.0. The number of hydrogen-bond donors (Lipinski definition) is 0. The standard InChI is InChI=1S/C55H33N5O2/c1-5-15-35(16-6-1)49-51-50(57-52(56-49)36-17-7-2-8-18-36)48-42(24-14-26-46(48)62-51)40-31-32-44-43(33-40)47-41(23-13-25-45(47)61-44)34-27-29-39(30-28-34)55-59-53(37-19-9-3-10-20-37)58-54(60-55)38-21-11-4-12-22-38/h1-33H. The summed E-state index contributed by atoms with van der Waals surface area (Å²) in [5.74, 6) is 2.51. The van der Waals surface area contributed by atoms with Crippen molar-refractivity contribution < 1.29 is 8.83 Å². The van der Waals surface area contributed by atoms with Crippen LogP contribution in [0.1, 0.15) is 0 Å². The second-order valence-electron chi connectivity index (χ2n) is 15.2. The molecular formula is C55H33N5O2. The van der Waals surface area contributed by atoms with E-state index >= 15 is 0 Å². The van der Waals surface area contributed by atoms with Gasteiger partial charge in [0, 0.05) is 38.6 Å². The molecule has 0 spiro atoms. The molecule has 0 saturated heterocycles. The molecule has 12 rings (SSSR count). The first kappa shape index (κ1) is 35.4. The van der Waals surface area contributed by atoms with E-state index in [0.29, 0.717) is 28.9 Å². The molecule has 0 amide bonds. The molecule has 8 aromatic carbocycles. The van der Waals surface area contributed by atoms with Crippen LogP contribution in [-0.4, -0.2) is 24.9 Å². The molecule has 0 aliphatic heterocycles. The lowest BCUT2D eigenvalue weighted by molar-refractivity contribution is 0.667. The number of nitrogens with zero attached hydrogens (tertiary/aromatic N) is 5. The molecule has 0 bridgehead atoms. The Labute approximate surface area is 355 Å². The number of fused-ring (bicyclic) bond motifs is 6. The van der Waals surface area contributed by atoms with Gasteiger partial charge in [0.25, 0.3) is 0 Å². The third-order valence-corrected chi connectivity index (χ3v) is 11.4. The fraction of sp³-hybridized carbons (Fsp3) is 0. The molecule has 12 aromatic rings. The molecule has 0 aliphatic carbocycles. The molecule has 0 fully saturated rings. The fourth-order valence-corrected chi connectivity index (χ4v) is 8.41. The van der Waals surface area contributed by atoms with Gasteiger partial charge < -0.3 is 8.83 Å². The Morgan fingerprint density at radius 3 is 1.31 bits per heavy atom. The van der Waals surface area contributed by atoms with Crippen LogP contribution in [0.3, 0.4) is 0 Å². The highest BCUT2D eigenvalue weighted by molar-refractivity contribution is 6.16. The van der Waals surface area contributed by atoms with Crippen molar-refractivity contribution in [2.45, 2.75) is 0 Å². The van der Waals surface area contributed by atoms with Crippen LogP contribution in [0.15, 0.2) is 209 Å². The van der Waals surface area contributed by atoms with E-state index in [1.54, 1.807) is 0 Å². The van der Waals surface area contributed by atoms with Crippen molar-refractivity contribution in [3.8, 4) is 79.1 Å². The summed E-state index contributed by atoms with van der Waals surface area (Å²) >= 11 is 0. The van der Waals surface area contributed by atoms with E-state index < -0.39 is 0 Å². The maximum absolute atomic E-state index is 6.65. The first-order chi connectivity index (χ1) is 30.7. The van der Waals surface area contributed by atoms with Crippen LogP contribution in [0.5, 0.6) is 0 Å². The van der Waals surface area contributed by atoms with Crippen LogP contribution < -0.4 is 0 Å². The Bertz CT molecular complexity index is 3550. The molecular weight excluding hydrogens is 763 g/mol. The lowest BCUT2D eigenvalue weighted by Crippen LogP contribution is -2.00. The van der Waals surface area contributed by atoms with Crippen LogP contribution in [-0.2, 0) is 0 Å². The molecule has 0 N–H and O–H groups in total. The molecule has 7 heteroatoms. The molecule has 62 heavy (non-hydrogen) atoms. The zero-order valence-electron chi connectivity index (χ0n) is 33.1. The van der Waals surface area contributed by atoms with Crippen LogP contribution in [0, 0.1) is 0 Å². The molecule has 0 saturated carbocycles. The minimum Gasteiger partial charge on any atom is -0.456 e. The van der Waals surface area contributed by atoms with Gasteiger partial charge in [-0.15, -0.1) is 0 Å². The summed E-state index contributed by atoms with van der Waals surface area (Å²) in [5.41, 5.74) is 13.4. The molecule has 290 valence electrons. The van der Waals surface area contributed by atoms with Crippen molar-refractivity contribution in [1.82, 2.24) is 24.9 Å². The van der Waals surface area contributed by atoms with E-state index in [1.165, 1.54) is 0 Å². The lowest BCUT2D eigenvalue weighted by Gasteiger charge is -2.09. The normalized spacial score (nSPS) is 11.5. The molecule has 4 aromatic heterocycles. The van der Waals surface area contributed by atoms with E-state index in [0.717, 1.165) is 94.2 Å². The predicted octanol–water partition coefficient (Wildman–Crippen LogP) is 14.1. The van der Waals surface area contributed by atoms with Gasteiger partial charge in [-0.3, -0.25) is 0 Å². The van der Waals surface area contributed by atoms with Crippen LogP contribution >= 0.6 is 0 Å². The van der Waals surface area contributed by atoms with Gasteiger partial charge in [0.15, 0.2) is 28.9 Å². The monoisotopic (exact) mass is 795 g/mol. The molecule has 7 nitrogen and oxygen atoms in total. The number of furan rings is 2. The van der Waals surface area contributed by atoms with Crippen molar-refractivity contribution >= 4 is 44.0 Å². The topological polar surface area (TPSA) is 90.7 Å². The minimum absolute atomic E-state index is 0.610.